The SMILES string of the molecule is O=C(CN1CCCCC[C@H]1c1ccco1)N1CCNC1=O. The molecule has 0 bridgehead atoms. The van der Waals surface area contributed by atoms with Crippen molar-refractivity contribution >= 4 is 11.9 Å². The molecule has 1 aromatic heterocycles. The Balaban J connectivity index is 1.71. The van der Waals surface area contributed by atoms with Gasteiger partial charge in [0.1, 0.15) is 5.76 Å². The van der Waals surface area contributed by atoms with Gasteiger partial charge in [-0.1, -0.05) is 12.8 Å². The summed E-state index contributed by atoms with van der Waals surface area (Å²) < 4.78 is 5.54. The molecule has 1 aromatic rings. The summed E-state index contributed by atoms with van der Waals surface area (Å²) in [5.74, 6) is 0.791. The van der Waals surface area contributed by atoms with Gasteiger partial charge < -0.3 is 9.73 Å². The summed E-state index contributed by atoms with van der Waals surface area (Å²) in [6.45, 7) is 2.16. The molecule has 6 heteroatoms. The molecule has 0 unspecified atom stereocenters. The largest absolute Gasteiger partial charge is 0.468 e. The second kappa shape index (κ2) is 6.30. The topological polar surface area (TPSA) is 65.8 Å². The van der Waals surface area contributed by atoms with Gasteiger partial charge in [-0.15, -0.1) is 0 Å². The summed E-state index contributed by atoms with van der Waals surface area (Å²) in [6.07, 6.45) is 6.06. The normalized spacial score (nSPS) is 23.9. The van der Waals surface area contributed by atoms with Crippen LogP contribution in [0, 0.1) is 0 Å². The molecule has 0 radical (unpaired) electrons. The van der Waals surface area contributed by atoms with Gasteiger partial charge in [0.05, 0.1) is 18.8 Å². The van der Waals surface area contributed by atoms with Crippen LogP contribution in [-0.2, 0) is 4.79 Å². The predicted molar refractivity (Wildman–Crippen MR) is 76.6 cm³/mol. The first kappa shape index (κ1) is 14.1. The fourth-order valence-electron chi connectivity index (χ4n) is 3.13. The Labute approximate surface area is 124 Å². The number of carbonyl (C=O) groups excluding carboxylic acids is 2. The number of likely N-dealkylation sites (tertiary alicyclic amines) is 1. The summed E-state index contributed by atoms with van der Waals surface area (Å²) in [5, 5.41) is 2.67. The zero-order valence-corrected chi connectivity index (χ0v) is 12.1. The second-order valence-corrected chi connectivity index (χ2v) is 5.63. The molecule has 6 nitrogen and oxygen atoms in total. The Kier molecular flexibility index (Phi) is 4.24. The van der Waals surface area contributed by atoms with E-state index in [9.17, 15) is 9.59 Å². The lowest BCUT2D eigenvalue weighted by atomic mass is 10.1. The summed E-state index contributed by atoms with van der Waals surface area (Å²) in [6, 6.07) is 3.71. The number of imide groups is 1. The second-order valence-electron chi connectivity index (χ2n) is 5.63. The molecule has 0 saturated carbocycles. The number of nitrogens with zero attached hydrogens (tertiary/aromatic N) is 2. The van der Waals surface area contributed by atoms with E-state index in [1.165, 1.54) is 11.3 Å². The zero-order chi connectivity index (χ0) is 14.7. The molecule has 21 heavy (non-hydrogen) atoms. The first-order valence-electron chi connectivity index (χ1n) is 7.61. The van der Waals surface area contributed by atoms with E-state index in [0.29, 0.717) is 13.1 Å². The van der Waals surface area contributed by atoms with Gasteiger partial charge in [0.25, 0.3) is 0 Å². The fraction of sp³-hybridized carbons (Fsp3) is 0.600. The smallest absolute Gasteiger partial charge is 0.324 e. The van der Waals surface area contributed by atoms with Gasteiger partial charge in [-0.2, -0.15) is 0 Å². The predicted octanol–water partition coefficient (Wildman–Crippen LogP) is 1.75. The van der Waals surface area contributed by atoms with Crippen LogP contribution in [0.4, 0.5) is 4.79 Å². The zero-order valence-electron chi connectivity index (χ0n) is 12.1. The van der Waals surface area contributed by atoms with Crippen molar-refractivity contribution in [2.45, 2.75) is 31.7 Å². The van der Waals surface area contributed by atoms with Crippen LogP contribution in [-0.4, -0.2) is 47.9 Å². The van der Waals surface area contributed by atoms with Crippen LogP contribution < -0.4 is 5.32 Å². The standard InChI is InChI=1S/C15H21N3O3/c19-14(18-9-7-16-15(18)20)11-17-8-3-1-2-5-12(17)13-6-4-10-21-13/h4,6,10,12H,1-3,5,7-9,11H2,(H,16,20)/t12-/m0/s1. The molecule has 0 spiro atoms. The van der Waals surface area contributed by atoms with Crippen LogP contribution in [0.1, 0.15) is 37.5 Å². The van der Waals surface area contributed by atoms with Crippen molar-refractivity contribution in [1.29, 1.82) is 0 Å². The van der Waals surface area contributed by atoms with E-state index in [1.54, 1.807) is 6.26 Å². The third-order valence-electron chi connectivity index (χ3n) is 4.23. The Morgan fingerprint density at radius 3 is 2.95 bits per heavy atom. The number of carbonyl (C=O) groups is 2. The van der Waals surface area contributed by atoms with E-state index in [2.05, 4.69) is 10.2 Å². The number of rotatable bonds is 3. The molecule has 1 N–H and O–H groups in total. The van der Waals surface area contributed by atoms with Crippen molar-refractivity contribution < 1.29 is 14.0 Å². The molecule has 3 amide bonds. The Hall–Kier alpha value is -1.82. The third-order valence-corrected chi connectivity index (χ3v) is 4.23. The number of hydrogen-bond acceptors (Lipinski definition) is 4. The highest BCUT2D eigenvalue weighted by Gasteiger charge is 2.31. The maximum Gasteiger partial charge on any atom is 0.324 e. The fourth-order valence-corrected chi connectivity index (χ4v) is 3.13. The lowest BCUT2D eigenvalue weighted by Gasteiger charge is -2.28. The number of nitrogens with one attached hydrogen (secondary N) is 1. The molecule has 2 aliphatic rings. The molecular formula is C15H21N3O3. The van der Waals surface area contributed by atoms with E-state index in [4.69, 9.17) is 4.42 Å². The molecular weight excluding hydrogens is 270 g/mol. The highest BCUT2D eigenvalue weighted by atomic mass is 16.3. The molecule has 0 aromatic carbocycles. The van der Waals surface area contributed by atoms with Crippen LogP contribution >= 0.6 is 0 Å². The van der Waals surface area contributed by atoms with Crippen LogP contribution in [0.5, 0.6) is 0 Å². The van der Waals surface area contributed by atoms with E-state index in [1.807, 2.05) is 12.1 Å². The van der Waals surface area contributed by atoms with Crippen molar-refractivity contribution in [1.82, 2.24) is 15.1 Å². The summed E-state index contributed by atoms with van der Waals surface area (Å²) in [7, 11) is 0. The molecule has 3 heterocycles. The molecule has 114 valence electrons. The van der Waals surface area contributed by atoms with Crippen molar-refractivity contribution in [2.75, 3.05) is 26.2 Å². The number of furan rings is 1. The number of hydrogen-bond donors (Lipinski definition) is 1. The van der Waals surface area contributed by atoms with E-state index < -0.39 is 0 Å². The molecule has 3 rings (SSSR count). The Morgan fingerprint density at radius 2 is 2.24 bits per heavy atom. The third kappa shape index (κ3) is 3.10. The quantitative estimate of drug-likeness (QED) is 0.921. The summed E-state index contributed by atoms with van der Waals surface area (Å²) >= 11 is 0. The van der Waals surface area contributed by atoms with E-state index in [-0.39, 0.29) is 24.5 Å². The molecule has 0 aliphatic carbocycles. The van der Waals surface area contributed by atoms with E-state index >= 15 is 0 Å². The first-order chi connectivity index (χ1) is 10.3. The number of amides is 3. The van der Waals surface area contributed by atoms with E-state index in [0.717, 1.165) is 31.6 Å². The lowest BCUT2D eigenvalue weighted by molar-refractivity contribution is -0.129. The maximum absolute atomic E-state index is 12.3. The van der Waals surface area contributed by atoms with Gasteiger partial charge in [-0.05, 0) is 31.5 Å². The van der Waals surface area contributed by atoms with Gasteiger partial charge in [-0.25, -0.2) is 4.79 Å². The first-order valence-corrected chi connectivity index (χ1v) is 7.61. The van der Waals surface area contributed by atoms with Crippen LogP contribution in [0.15, 0.2) is 22.8 Å². The minimum atomic E-state index is -0.274. The van der Waals surface area contributed by atoms with Gasteiger partial charge in [0.2, 0.25) is 5.91 Å². The molecule has 1 atom stereocenters. The Bertz CT molecular complexity index is 500. The number of urea groups is 1. The van der Waals surface area contributed by atoms with Crippen molar-refractivity contribution in [3.8, 4) is 0 Å². The maximum atomic E-state index is 12.3. The highest BCUT2D eigenvalue weighted by molar-refractivity contribution is 5.96. The van der Waals surface area contributed by atoms with Crippen LogP contribution in [0.25, 0.3) is 0 Å². The highest BCUT2D eigenvalue weighted by Crippen LogP contribution is 2.30. The minimum absolute atomic E-state index is 0.122. The minimum Gasteiger partial charge on any atom is -0.468 e. The molecule has 2 fully saturated rings. The van der Waals surface area contributed by atoms with Gasteiger partial charge in [-0.3, -0.25) is 14.6 Å². The molecule has 2 aliphatic heterocycles. The Morgan fingerprint density at radius 1 is 1.33 bits per heavy atom. The monoisotopic (exact) mass is 291 g/mol. The van der Waals surface area contributed by atoms with Crippen molar-refractivity contribution in [3.05, 3.63) is 24.2 Å². The average molecular weight is 291 g/mol. The van der Waals surface area contributed by atoms with Crippen molar-refractivity contribution in [2.24, 2.45) is 0 Å². The van der Waals surface area contributed by atoms with Crippen molar-refractivity contribution in [3.63, 3.8) is 0 Å². The molecule has 2 saturated heterocycles. The summed E-state index contributed by atoms with van der Waals surface area (Å²) in [4.78, 5) is 27.4. The van der Waals surface area contributed by atoms with Crippen LogP contribution in [0.2, 0.25) is 0 Å². The van der Waals surface area contributed by atoms with Gasteiger partial charge >= 0.3 is 6.03 Å². The van der Waals surface area contributed by atoms with Gasteiger partial charge in [0, 0.05) is 13.1 Å². The summed E-state index contributed by atoms with van der Waals surface area (Å²) in [5.41, 5.74) is 0. The average Bonchev–Trinajstić information content (AvgIpc) is 3.09. The van der Waals surface area contributed by atoms with Gasteiger partial charge in [0.15, 0.2) is 0 Å². The van der Waals surface area contributed by atoms with Crippen LogP contribution in [0.3, 0.4) is 0 Å². The lowest BCUT2D eigenvalue weighted by Crippen LogP contribution is -2.43.